The van der Waals surface area contributed by atoms with Crippen LogP contribution in [0.25, 0.3) is 0 Å². The van der Waals surface area contributed by atoms with Gasteiger partial charge in [-0.1, -0.05) is 54.1 Å². The second-order valence-electron chi connectivity index (χ2n) is 9.16. The number of aryl methyl sites for hydroxylation is 1. The predicted octanol–water partition coefficient (Wildman–Crippen LogP) is 2.86. The monoisotopic (exact) mass is 626 g/mol. The Morgan fingerprint density at radius 3 is 2.41 bits per heavy atom. The van der Waals surface area contributed by atoms with Crippen molar-refractivity contribution in [1.82, 2.24) is 9.88 Å². The summed E-state index contributed by atoms with van der Waals surface area (Å²) in [6.07, 6.45) is 6.53. The molecule has 0 bridgehead atoms. The average Bonchev–Trinajstić information content (AvgIpc) is 2.88. The molecule has 0 radical (unpaired) electrons. The number of sulfone groups is 1. The van der Waals surface area contributed by atoms with Crippen LogP contribution >= 0.6 is 15.9 Å². The zero-order valence-corrected chi connectivity index (χ0v) is 24.7. The number of nitrogens with zero attached hydrogens (tertiary/aromatic N) is 2. The summed E-state index contributed by atoms with van der Waals surface area (Å²) in [5, 5.41) is 9.20. The Morgan fingerprint density at radius 1 is 1.03 bits per heavy atom. The average molecular weight is 628 g/mol. The fourth-order valence-electron chi connectivity index (χ4n) is 3.86. The Hall–Kier alpha value is -3.06. The number of aromatic nitrogens is 1. The van der Waals surface area contributed by atoms with Gasteiger partial charge in [0.25, 0.3) is 5.56 Å². The minimum atomic E-state index is -3.24. The third-order valence-electron chi connectivity index (χ3n) is 5.94. The normalized spacial score (nSPS) is 11.1. The molecule has 0 aliphatic carbocycles. The number of carbonyl (C=O) groups excluding carboxylic acids is 1. The summed E-state index contributed by atoms with van der Waals surface area (Å²) in [6.45, 7) is 2.63. The van der Waals surface area contributed by atoms with Crippen molar-refractivity contribution in [2.75, 3.05) is 30.8 Å². The molecule has 6 N–H and O–H groups in total. The van der Waals surface area contributed by atoms with Crippen LogP contribution in [0, 0.1) is 6.92 Å². The van der Waals surface area contributed by atoms with Crippen LogP contribution in [0.1, 0.15) is 50.6 Å². The Morgan fingerprint density at radius 2 is 1.72 bits per heavy atom. The number of guanidine groups is 1. The first-order valence-electron chi connectivity index (χ1n) is 13.0. The zero-order valence-electron chi connectivity index (χ0n) is 22.3. The molecule has 1 aromatic heterocycles. The van der Waals surface area contributed by atoms with E-state index in [1.165, 1.54) is 4.57 Å². The van der Waals surface area contributed by atoms with Gasteiger partial charge in [0.15, 0.2) is 9.84 Å². The number of nitrogens with one attached hydrogen (secondary N) is 2. The molecule has 2 aromatic rings. The fourth-order valence-corrected chi connectivity index (χ4v) is 5.82. The number of hydrogen-bond acceptors (Lipinski definition) is 7. The van der Waals surface area contributed by atoms with Crippen molar-refractivity contribution in [3.63, 3.8) is 0 Å². The van der Waals surface area contributed by atoms with Gasteiger partial charge >= 0.3 is 0 Å². The van der Waals surface area contributed by atoms with Gasteiger partial charge in [-0.15, -0.1) is 0 Å². The minimum Gasteiger partial charge on any atom is -0.391 e. The van der Waals surface area contributed by atoms with Crippen molar-refractivity contribution >= 4 is 43.3 Å². The number of unbranched alkanes of at least 4 members (excludes halogenated alkanes) is 6. The van der Waals surface area contributed by atoms with Gasteiger partial charge in [0.1, 0.15) is 18.8 Å². The number of amides is 1. The van der Waals surface area contributed by atoms with E-state index in [4.69, 9.17) is 16.3 Å². The van der Waals surface area contributed by atoms with Crippen molar-refractivity contribution in [1.29, 1.82) is 0 Å². The van der Waals surface area contributed by atoms with Crippen molar-refractivity contribution in [3.05, 3.63) is 56.9 Å². The number of benzene rings is 1. The van der Waals surface area contributed by atoms with Gasteiger partial charge in [-0.25, -0.2) is 8.42 Å². The maximum Gasteiger partial charge on any atom is 0.274 e. The van der Waals surface area contributed by atoms with Crippen LogP contribution in [0.15, 0.2) is 55.7 Å². The van der Waals surface area contributed by atoms with Crippen molar-refractivity contribution in [2.24, 2.45) is 16.6 Å². The summed E-state index contributed by atoms with van der Waals surface area (Å²) in [7, 11) is -3.24. The first-order valence-corrected chi connectivity index (χ1v) is 15.4. The third kappa shape index (κ3) is 12.1. The molecule has 0 spiro atoms. The van der Waals surface area contributed by atoms with Crippen LogP contribution in [-0.2, 0) is 26.0 Å². The first-order chi connectivity index (χ1) is 18.6. The summed E-state index contributed by atoms with van der Waals surface area (Å²) in [6, 6.07) is 10.4. The van der Waals surface area contributed by atoms with Gasteiger partial charge in [0.2, 0.25) is 11.9 Å². The van der Waals surface area contributed by atoms with Crippen LogP contribution < -0.4 is 27.7 Å². The molecule has 0 aliphatic rings. The van der Waals surface area contributed by atoms with E-state index in [1.54, 1.807) is 37.3 Å². The molecule has 11 nitrogen and oxygen atoms in total. The molecule has 0 saturated carbocycles. The highest BCUT2D eigenvalue weighted by Gasteiger charge is 2.14. The van der Waals surface area contributed by atoms with E-state index in [0.717, 1.165) is 43.0 Å². The Bertz CT molecular complexity index is 1260. The van der Waals surface area contributed by atoms with Gasteiger partial charge in [-0.05, 0) is 55.3 Å². The summed E-state index contributed by atoms with van der Waals surface area (Å²) >= 11 is 3.32. The smallest absolute Gasteiger partial charge is 0.274 e. The lowest BCUT2D eigenvalue weighted by Gasteiger charge is -2.13. The molecule has 0 fully saturated rings. The number of rotatable bonds is 18. The molecular weight excluding hydrogens is 588 g/mol. The SMILES string of the molecule is Cc1ccc(NCCCCCCCCCS(=O)(=O)c2cccc(Br)c2)c(=O)n1CC(=O)NCCON=C(N)N. The number of nitrogens with two attached hydrogens (primary N) is 2. The highest BCUT2D eigenvalue weighted by Crippen LogP contribution is 2.19. The number of oxime groups is 1. The quantitative estimate of drug-likeness (QED) is 0.0846. The van der Waals surface area contributed by atoms with Gasteiger partial charge in [-0.2, -0.15) is 0 Å². The summed E-state index contributed by atoms with van der Waals surface area (Å²) < 4.78 is 27.0. The van der Waals surface area contributed by atoms with E-state index in [0.29, 0.717) is 29.2 Å². The molecule has 0 saturated heterocycles. The van der Waals surface area contributed by atoms with E-state index in [9.17, 15) is 18.0 Å². The lowest BCUT2D eigenvalue weighted by molar-refractivity contribution is -0.122. The van der Waals surface area contributed by atoms with Crippen molar-refractivity contribution in [2.45, 2.75) is 63.3 Å². The second-order valence-corrected chi connectivity index (χ2v) is 12.2. The fraction of sp³-hybridized carbons (Fsp3) is 0.500. The summed E-state index contributed by atoms with van der Waals surface area (Å²) in [5.74, 6) is -0.362. The molecule has 39 heavy (non-hydrogen) atoms. The number of hydrogen-bond donors (Lipinski definition) is 4. The Balaban J connectivity index is 1.62. The number of pyridine rings is 1. The van der Waals surface area contributed by atoms with Gasteiger partial charge < -0.3 is 31.5 Å². The number of anilines is 1. The number of halogens is 1. The molecule has 0 unspecified atom stereocenters. The molecule has 0 aliphatic heterocycles. The van der Waals surface area contributed by atoms with Crippen LogP contribution in [0.5, 0.6) is 0 Å². The van der Waals surface area contributed by atoms with Crippen LogP contribution in [0.4, 0.5) is 5.69 Å². The van der Waals surface area contributed by atoms with E-state index in [1.807, 2.05) is 6.07 Å². The van der Waals surface area contributed by atoms with E-state index in [-0.39, 0.29) is 42.9 Å². The molecule has 1 aromatic carbocycles. The second kappa shape index (κ2) is 16.8. The van der Waals surface area contributed by atoms with E-state index < -0.39 is 9.84 Å². The Labute approximate surface area is 238 Å². The zero-order chi connectivity index (χ0) is 28.7. The van der Waals surface area contributed by atoms with Gasteiger partial charge in [0, 0.05) is 16.7 Å². The van der Waals surface area contributed by atoms with Crippen LogP contribution in [0.3, 0.4) is 0 Å². The minimum absolute atomic E-state index is 0.104. The topological polar surface area (TPSA) is 171 Å². The lowest BCUT2D eigenvalue weighted by Crippen LogP contribution is -2.35. The highest BCUT2D eigenvalue weighted by molar-refractivity contribution is 9.10. The molecule has 1 amide bonds. The molecular formula is C26H39BrN6O5S. The standard InChI is InChI=1S/C26H39BrN6O5S/c1-20-12-13-23(25(35)33(20)19-24(34)31-15-16-38-32-26(28)29)30-14-7-5-3-2-4-6-8-17-39(36,37)22-11-9-10-21(27)18-22/h9-13,18,30H,2-8,14-17,19H2,1H3,(H,31,34)(H4,28,29,32). The first kappa shape index (κ1) is 32.2. The molecule has 13 heteroatoms. The highest BCUT2D eigenvalue weighted by atomic mass is 79.9. The summed E-state index contributed by atoms with van der Waals surface area (Å²) in [4.78, 5) is 30.2. The molecule has 0 atom stereocenters. The van der Waals surface area contributed by atoms with Crippen LogP contribution in [-0.4, -0.2) is 50.3 Å². The molecule has 2 rings (SSSR count). The van der Waals surface area contributed by atoms with Gasteiger partial charge in [0.05, 0.1) is 17.2 Å². The maximum atomic E-state index is 12.8. The van der Waals surface area contributed by atoms with E-state index >= 15 is 0 Å². The molecule has 1 heterocycles. The van der Waals surface area contributed by atoms with Crippen molar-refractivity contribution in [3.8, 4) is 0 Å². The largest absolute Gasteiger partial charge is 0.391 e. The lowest BCUT2D eigenvalue weighted by atomic mass is 10.1. The third-order valence-corrected chi connectivity index (χ3v) is 8.23. The summed E-state index contributed by atoms with van der Waals surface area (Å²) in [5.41, 5.74) is 11.2. The predicted molar refractivity (Wildman–Crippen MR) is 157 cm³/mol. The van der Waals surface area contributed by atoms with E-state index in [2.05, 4.69) is 31.7 Å². The van der Waals surface area contributed by atoms with Gasteiger partial charge in [-0.3, -0.25) is 9.59 Å². The molecule has 216 valence electrons. The maximum absolute atomic E-state index is 12.8. The Kier molecular flexibility index (Phi) is 13.9. The van der Waals surface area contributed by atoms with Crippen LogP contribution in [0.2, 0.25) is 0 Å². The van der Waals surface area contributed by atoms with Crippen molar-refractivity contribution < 1.29 is 18.0 Å². The number of carbonyl (C=O) groups is 1.